The van der Waals surface area contributed by atoms with E-state index in [2.05, 4.69) is 0 Å². The first-order valence-electron chi connectivity index (χ1n) is 6.42. The van der Waals surface area contributed by atoms with Crippen molar-refractivity contribution in [3.8, 4) is 0 Å². The quantitative estimate of drug-likeness (QED) is 0.446. The molecule has 2 rings (SSSR count). The average Bonchev–Trinajstić information content (AvgIpc) is 2.55. The molecule has 2 aromatic rings. The minimum Gasteiger partial charge on any atom is -0.388 e. The summed E-state index contributed by atoms with van der Waals surface area (Å²) >= 11 is 0. The highest BCUT2D eigenvalue weighted by atomic mass is 16.5. The minimum absolute atomic E-state index is 0.0322. The van der Waals surface area contributed by atoms with Gasteiger partial charge in [-0.1, -0.05) is 42.5 Å². The van der Waals surface area contributed by atoms with E-state index >= 15 is 0 Å². The molecule has 0 saturated carbocycles. The number of hydrogen-bond donors (Lipinski definition) is 3. The van der Waals surface area contributed by atoms with Gasteiger partial charge in [-0.2, -0.15) is 0 Å². The van der Waals surface area contributed by atoms with Crippen LogP contribution in [0.25, 0.3) is 0 Å². The second kappa shape index (κ2) is 6.78. The number of amides is 1. The highest BCUT2D eigenvalue weighted by Gasteiger charge is 2.15. The lowest BCUT2D eigenvalue weighted by atomic mass is 9.99. The minimum atomic E-state index is -0.941. The molecule has 108 valence electrons. The maximum Gasteiger partial charge on any atom is 0.274 e. The molecule has 0 aliphatic rings. The molecule has 3 N–H and O–H groups in total. The number of ketones is 1. The Morgan fingerprint density at radius 2 is 1.57 bits per heavy atom. The molecule has 1 atom stereocenters. The molecule has 0 fully saturated rings. The number of hydroxylamine groups is 1. The average molecular weight is 285 g/mol. The van der Waals surface area contributed by atoms with E-state index in [-0.39, 0.29) is 17.8 Å². The van der Waals surface area contributed by atoms with Crippen LogP contribution in [0.15, 0.2) is 54.6 Å². The van der Waals surface area contributed by atoms with E-state index < -0.39 is 12.0 Å². The van der Waals surface area contributed by atoms with Crippen molar-refractivity contribution in [3.05, 3.63) is 71.3 Å². The number of hydrogen-bond acceptors (Lipinski definition) is 4. The monoisotopic (exact) mass is 285 g/mol. The van der Waals surface area contributed by atoms with Crippen LogP contribution in [0.1, 0.15) is 38.8 Å². The zero-order valence-corrected chi connectivity index (χ0v) is 11.2. The highest BCUT2D eigenvalue weighted by Crippen LogP contribution is 2.19. The van der Waals surface area contributed by atoms with E-state index in [1.807, 2.05) is 6.07 Å². The zero-order valence-electron chi connectivity index (χ0n) is 11.2. The summed E-state index contributed by atoms with van der Waals surface area (Å²) in [4.78, 5) is 23.2. The van der Waals surface area contributed by atoms with Crippen LogP contribution in [0.3, 0.4) is 0 Å². The van der Waals surface area contributed by atoms with Crippen molar-refractivity contribution >= 4 is 11.7 Å². The molecule has 0 aliphatic carbocycles. The van der Waals surface area contributed by atoms with Crippen molar-refractivity contribution in [2.45, 2.75) is 12.5 Å². The maximum absolute atomic E-state index is 12.0. The van der Waals surface area contributed by atoms with Gasteiger partial charge in [0.25, 0.3) is 5.91 Å². The Morgan fingerprint density at radius 3 is 2.14 bits per heavy atom. The molecule has 0 bridgehead atoms. The van der Waals surface area contributed by atoms with Crippen LogP contribution in [0.2, 0.25) is 0 Å². The molecule has 1 unspecified atom stereocenters. The van der Waals surface area contributed by atoms with Crippen molar-refractivity contribution < 1.29 is 19.9 Å². The lowest BCUT2D eigenvalue weighted by molar-refractivity contribution is 0.0705. The van der Waals surface area contributed by atoms with Gasteiger partial charge in [-0.05, 0) is 17.7 Å². The molecule has 5 heteroatoms. The number of nitrogens with one attached hydrogen (secondary N) is 1. The van der Waals surface area contributed by atoms with Gasteiger partial charge >= 0.3 is 0 Å². The first-order chi connectivity index (χ1) is 10.1. The van der Waals surface area contributed by atoms with E-state index in [4.69, 9.17) is 5.21 Å². The number of benzene rings is 2. The van der Waals surface area contributed by atoms with Crippen molar-refractivity contribution in [1.29, 1.82) is 0 Å². The molecule has 0 radical (unpaired) electrons. The van der Waals surface area contributed by atoms with Crippen LogP contribution in [0.5, 0.6) is 0 Å². The Bertz CT molecular complexity index is 622. The van der Waals surface area contributed by atoms with Gasteiger partial charge in [0.15, 0.2) is 5.78 Å². The number of rotatable bonds is 5. The van der Waals surface area contributed by atoms with E-state index in [9.17, 15) is 14.7 Å². The second-order valence-electron chi connectivity index (χ2n) is 4.57. The highest BCUT2D eigenvalue weighted by molar-refractivity contribution is 5.96. The number of Topliss-reactive ketones (excluding diaryl/α,β-unsaturated/α-hetero) is 1. The van der Waals surface area contributed by atoms with Crippen molar-refractivity contribution in [3.63, 3.8) is 0 Å². The normalized spacial score (nSPS) is 11.7. The summed E-state index contributed by atoms with van der Waals surface area (Å²) in [7, 11) is 0. The van der Waals surface area contributed by atoms with Crippen molar-refractivity contribution in [2.24, 2.45) is 0 Å². The number of carbonyl (C=O) groups excluding carboxylic acids is 2. The van der Waals surface area contributed by atoms with Crippen LogP contribution in [0.4, 0.5) is 0 Å². The van der Waals surface area contributed by atoms with Crippen LogP contribution >= 0.6 is 0 Å². The molecular formula is C16H15NO4. The van der Waals surface area contributed by atoms with Crippen LogP contribution in [-0.2, 0) is 0 Å². The van der Waals surface area contributed by atoms with Crippen molar-refractivity contribution in [2.75, 3.05) is 0 Å². The van der Waals surface area contributed by atoms with Gasteiger partial charge in [-0.3, -0.25) is 14.8 Å². The molecule has 0 saturated heterocycles. The lowest BCUT2D eigenvalue weighted by Gasteiger charge is -2.11. The summed E-state index contributed by atoms with van der Waals surface area (Å²) in [6.45, 7) is 0. The summed E-state index contributed by atoms with van der Waals surface area (Å²) in [5, 5.41) is 18.6. The van der Waals surface area contributed by atoms with Gasteiger partial charge in [0, 0.05) is 17.5 Å². The SMILES string of the molecule is O=C(CC(O)c1ccc(C(=O)NO)cc1)c1ccccc1. The number of carbonyl (C=O) groups is 2. The Labute approximate surface area is 121 Å². The zero-order chi connectivity index (χ0) is 15.2. The summed E-state index contributed by atoms with van der Waals surface area (Å²) in [5.41, 5.74) is 2.88. The molecule has 0 spiro atoms. The largest absolute Gasteiger partial charge is 0.388 e. The van der Waals surface area contributed by atoms with E-state index in [1.54, 1.807) is 36.4 Å². The Hall–Kier alpha value is -2.50. The van der Waals surface area contributed by atoms with E-state index in [0.29, 0.717) is 11.1 Å². The maximum atomic E-state index is 12.0. The fourth-order valence-electron chi connectivity index (χ4n) is 1.96. The van der Waals surface area contributed by atoms with Crippen LogP contribution in [-0.4, -0.2) is 22.0 Å². The summed E-state index contributed by atoms with van der Waals surface area (Å²) in [5.74, 6) is -0.781. The van der Waals surface area contributed by atoms with Crippen LogP contribution in [0, 0.1) is 0 Å². The van der Waals surface area contributed by atoms with Gasteiger partial charge in [-0.25, -0.2) is 5.48 Å². The third-order valence-corrected chi connectivity index (χ3v) is 3.13. The number of aliphatic hydroxyl groups is 1. The van der Waals surface area contributed by atoms with Gasteiger partial charge < -0.3 is 5.11 Å². The molecule has 21 heavy (non-hydrogen) atoms. The van der Waals surface area contributed by atoms with E-state index in [1.165, 1.54) is 17.6 Å². The Balaban J connectivity index is 2.05. The standard InChI is InChI=1S/C16H15NO4/c18-14(11-4-2-1-3-5-11)10-15(19)12-6-8-13(9-7-12)16(20)17-21/h1-9,15,19,21H,10H2,(H,17,20). The summed E-state index contributed by atoms with van der Waals surface area (Å²) in [6.07, 6.45) is -0.973. The fraction of sp³-hybridized carbons (Fsp3) is 0.125. The number of aliphatic hydroxyl groups excluding tert-OH is 1. The molecule has 1 amide bonds. The lowest BCUT2D eigenvalue weighted by Crippen LogP contribution is -2.18. The Kier molecular flexibility index (Phi) is 4.81. The summed E-state index contributed by atoms with van der Waals surface area (Å²) < 4.78 is 0. The molecule has 5 nitrogen and oxygen atoms in total. The van der Waals surface area contributed by atoms with Gasteiger partial charge in [0.1, 0.15) is 0 Å². The third-order valence-electron chi connectivity index (χ3n) is 3.13. The molecule has 2 aromatic carbocycles. The third kappa shape index (κ3) is 3.75. The predicted molar refractivity (Wildman–Crippen MR) is 76.0 cm³/mol. The smallest absolute Gasteiger partial charge is 0.274 e. The van der Waals surface area contributed by atoms with E-state index in [0.717, 1.165) is 0 Å². The molecule has 0 heterocycles. The molecule has 0 aromatic heterocycles. The van der Waals surface area contributed by atoms with Crippen molar-refractivity contribution in [1.82, 2.24) is 5.48 Å². The molecule has 0 aliphatic heterocycles. The van der Waals surface area contributed by atoms with Crippen LogP contribution < -0.4 is 5.48 Å². The van der Waals surface area contributed by atoms with Gasteiger partial charge in [0.2, 0.25) is 0 Å². The first-order valence-corrected chi connectivity index (χ1v) is 6.42. The summed E-state index contributed by atoms with van der Waals surface area (Å²) in [6, 6.07) is 14.8. The molecular weight excluding hydrogens is 270 g/mol. The topological polar surface area (TPSA) is 86.6 Å². The van der Waals surface area contributed by atoms with Gasteiger partial charge in [0.05, 0.1) is 6.10 Å². The first kappa shape index (κ1) is 14.9. The fourth-order valence-corrected chi connectivity index (χ4v) is 1.96. The Morgan fingerprint density at radius 1 is 0.952 bits per heavy atom. The van der Waals surface area contributed by atoms with Gasteiger partial charge in [-0.15, -0.1) is 0 Å². The second-order valence-corrected chi connectivity index (χ2v) is 4.57. The predicted octanol–water partition coefficient (Wildman–Crippen LogP) is 2.11.